The van der Waals surface area contributed by atoms with Crippen molar-refractivity contribution in [1.82, 2.24) is 15.0 Å². The van der Waals surface area contributed by atoms with Crippen LogP contribution in [0.2, 0.25) is 0 Å². The van der Waals surface area contributed by atoms with Crippen LogP contribution in [0.1, 0.15) is 57.1 Å². The van der Waals surface area contributed by atoms with Crippen molar-refractivity contribution in [3.8, 4) is 51.4 Å². The van der Waals surface area contributed by atoms with Crippen molar-refractivity contribution in [2.24, 2.45) is 17.8 Å². The molecule has 0 saturated heterocycles. The van der Waals surface area contributed by atoms with E-state index in [1.807, 2.05) is 48.5 Å². The molecule has 0 amide bonds. The molecule has 2 unspecified atom stereocenters. The molecule has 0 spiro atoms. The van der Waals surface area contributed by atoms with Gasteiger partial charge in [-0.05, 0) is 120 Å². The summed E-state index contributed by atoms with van der Waals surface area (Å²) >= 11 is 0. The van der Waals surface area contributed by atoms with Crippen molar-refractivity contribution in [2.45, 2.75) is 51.4 Å². The first kappa shape index (κ1) is 30.5. The summed E-state index contributed by atoms with van der Waals surface area (Å²) < 4.78 is 6.53. The van der Waals surface area contributed by atoms with Gasteiger partial charge in [-0.3, -0.25) is 0 Å². The second-order valence-corrected chi connectivity index (χ2v) is 14.9. The number of nitriles is 1. The number of furan rings is 1. The van der Waals surface area contributed by atoms with Crippen LogP contribution in [0.15, 0.2) is 120 Å². The first-order chi connectivity index (χ1) is 24.4. The minimum Gasteiger partial charge on any atom is -0.456 e. The fraction of sp³-hybridized carbons (Fsp3) is 0.244. The van der Waals surface area contributed by atoms with Gasteiger partial charge in [-0.25, -0.2) is 15.0 Å². The number of hydrogen-bond acceptors (Lipinski definition) is 5. The van der Waals surface area contributed by atoms with Crippen molar-refractivity contribution in [1.29, 1.82) is 5.26 Å². The Morgan fingerprint density at radius 2 is 1.10 bits per heavy atom. The lowest BCUT2D eigenvalue weighted by Gasteiger charge is -2.50. The SMILES string of the molecule is C[C@@H]1CC2C[C@H](C)CC(c3ccc(-c4ccc5c(c4)oc4cc(-c6nc(-c7ccccc7)nc(-c7ccc(C#N)cc7)n6)ccc45)cc3)(C2)C1. The molecule has 2 aliphatic carbocycles. The van der Waals surface area contributed by atoms with Crippen LogP contribution in [-0.2, 0) is 5.41 Å². The van der Waals surface area contributed by atoms with Gasteiger partial charge in [0.1, 0.15) is 11.2 Å². The zero-order valence-corrected chi connectivity index (χ0v) is 28.4. The normalized spacial score (nSPS) is 21.7. The molecule has 5 aromatic carbocycles. The Bertz CT molecular complexity index is 2380. The van der Waals surface area contributed by atoms with Gasteiger partial charge in [0.05, 0.1) is 11.6 Å². The molecular formula is C45H38N4O. The highest BCUT2D eigenvalue weighted by Gasteiger charge is 2.45. The van der Waals surface area contributed by atoms with Crippen LogP contribution < -0.4 is 0 Å². The summed E-state index contributed by atoms with van der Waals surface area (Å²) in [5.41, 5.74) is 9.04. The largest absolute Gasteiger partial charge is 0.456 e. The van der Waals surface area contributed by atoms with Crippen molar-refractivity contribution < 1.29 is 4.42 Å². The Hall–Kier alpha value is -5.60. The zero-order valence-electron chi connectivity index (χ0n) is 28.4. The maximum atomic E-state index is 9.29. The molecule has 2 fully saturated rings. The van der Waals surface area contributed by atoms with E-state index >= 15 is 0 Å². The van der Waals surface area contributed by atoms with Crippen LogP contribution in [0.4, 0.5) is 0 Å². The number of benzene rings is 5. The number of aromatic nitrogens is 3. The molecule has 0 N–H and O–H groups in total. The molecule has 2 heterocycles. The number of fused-ring (bicyclic) bond motifs is 5. The Kier molecular flexibility index (Phi) is 7.35. The van der Waals surface area contributed by atoms with Gasteiger partial charge < -0.3 is 4.42 Å². The van der Waals surface area contributed by atoms with Gasteiger partial charge in [-0.15, -0.1) is 0 Å². The monoisotopic (exact) mass is 650 g/mol. The minimum atomic E-state index is 0.335. The summed E-state index contributed by atoms with van der Waals surface area (Å²) in [4.78, 5) is 14.6. The topological polar surface area (TPSA) is 75.6 Å². The van der Waals surface area contributed by atoms with Crippen LogP contribution in [0.5, 0.6) is 0 Å². The van der Waals surface area contributed by atoms with Crippen LogP contribution in [-0.4, -0.2) is 15.0 Å². The summed E-state index contributed by atoms with van der Waals surface area (Å²) in [7, 11) is 0. The second-order valence-electron chi connectivity index (χ2n) is 14.9. The van der Waals surface area contributed by atoms with Crippen molar-refractivity contribution >= 4 is 21.9 Å². The molecule has 4 atom stereocenters. The van der Waals surface area contributed by atoms with Crippen molar-refractivity contribution in [3.05, 3.63) is 126 Å². The van der Waals surface area contributed by atoms with Gasteiger partial charge in [0.2, 0.25) is 0 Å². The van der Waals surface area contributed by atoms with Crippen LogP contribution in [0.25, 0.3) is 67.2 Å². The van der Waals surface area contributed by atoms with E-state index in [0.29, 0.717) is 28.5 Å². The lowest BCUT2D eigenvalue weighted by Crippen LogP contribution is -2.42. The number of hydrogen-bond donors (Lipinski definition) is 0. The maximum Gasteiger partial charge on any atom is 0.164 e. The van der Waals surface area contributed by atoms with E-state index in [1.165, 1.54) is 43.2 Å². The molecule has 50 heavy (non-hydrogen) atoms. The maximum absolute atomic E-state index is 9.29. The minimum absolute atomic E-state index is 0.335. The number of rotatable bonds is 5. The third kappa shape index (κ3) is 5.46. The van der Waals surface area contributed by atoms with Gasteiger partial charge in [-0.2, -0.15) is 5.26 Å². The van der Waals surface area contributed by atoms with E-state index < -0.39 is 0 Å². The predicted octanol–water partition coefficient (Wildman–Crippen LogP) is 11.4. The van der Waals surface area contributed by atoms with E-state index in [1.54, 1.807) is 12.1 Å². The molecule has 2 aliphatic rings. The molecule has 7 aromatic rings. The molecule has 2 aromatic heterocycles. The molecule has 0 radical (unpaired) electrons. The molecule has 9 rings (SSSR count). The van der Waals surface area contributed by atoms with E-state index in [9.17, 15) is 5.26 Å². The Morgan fingerprint density at radius 3 is 1.72 bits per heavy atom. The molecule has 2 bridgehead atoms. The summed E-state index contributed by atoms with van der Waals surface area (Å²) in [6.07, 6.45) is 6.77. The van der Waals surface area contributed by atoms with Gasteiger partial charge >= 0.3 is 0 Å². The predicted molar refractivity (Wildman–Crippen MR) is 200 cm³/mol. The third-order valence-corrected chi connectivity index (χ3v) is 11.1. The smallest absolute Gasteiger partial charge is 0.164 e. The van der Waals surface area contributed by atoms with Crippen molar-refractivity contribution in [2.75, 3.05) is 0 Å². The lowest BCUT2D eigenvalue weighted by atomic mass is 9.54. The highest BCUT2D eigenvalue weighted by Crippen LogP contribution is 2.54. The van der Waals surface area contributed by atoms with Gasteiger partial charge in [-0.1, -0.05) is 80.6 Å². The van der Waals surface area contributed by atoms with E-state index in [2.05, 4.69) is 74.5 Å². The number of nitrogens with zero attached hydrogens (tertiary/aromatic N) is 4. The van der Waals surface area contributed by atoms with Crippen LogP contribution in [0.3, 0.4) is 0 Å². The first-order valence-electron chi connectivity index (χ1n) is 17.8. The highest BCUT2D eigenvalue weighted by atomic mass is 16.3. The Balaban J connectivity index is 1.06. The zero-order chi connectivity index (χ0) is 33.8. The van der Waals surface area contributed by atoms with Gasteiger partial charge in [0.25, 0.3) is 0 Å². The van der Waals surface area contributed by atoms with Crippen LogP contribution >= 0.6 is 0 Å². The molecule has 5 nitrogen and oxygen atoms in total. The summed E-state index contributed by atoms with van der Waals surface area (Å²) in [6.45, 7) is 4.91. The third-order valence-electron chi connectivity index (χ3n) is 11.1. The Labute approximate surface area is 292 Å². The van der Waals surface area contributed by atoms with Crippen molar-refractivity contribution in [3.63, 3.8) is 0 Å². The fourth-order valence-electron chi connectivity index (χ4n) is 9.21. The molecule has 244 valence electrons. The standard InChI is InChI=1S/C45H38N4O/c1-28-20-31-21-29(2)25-45(24-28,26-31)37-16-12-32(13-17-37)35-14-18-38-39-19-15-36(23-41(39)50-40(38)22-35)44-48-42(33-6-4-3-5-7-33)47-43(49-44)34-10-8-30(27-46)9-11-34/h3-19,22-23,28-29,31H,20-21,24-26H2,1-2H3/t28-,29+,31?,45?. The van der Waals surface area contributed by atoms with E-state index in [0.717, 1.165) is 61.9 Å². The van der Waals surface area contributed by atoms with Crippen LogP contribution in [0, 0.1) is 29.1 Å². The quantitative estimate of drug-likeness (QED) is 0.185. The van der Waals surface area contributed by atoms with Gasteiger partial charge in [0.15, 0.2) is 17.5 Å². The Morgan fingerprint density at radius 1 is 0.580 bits per heavy atom. The summed E-state index contributed by atoms with van der Waals surface area (Å²) in [5.74, 6) is 4.18. The summed E-state index contributed by atoms with van der Waals surface area (Å²) in [5, 5.41) is 11.4. The average Bonchev–Trinajstić information content (AvgIpc) is 3.52. The van der Waals surface area contributed by atoms with E-state index in [-0.39, 0.29) is 0 Å². The fourth-order valence-corrected chi connectivity index (χ4v) is 9.21. The highest BCUT2D eigenvalue weighted by molar-refractivity contribution is 6.06. The van der Waals surface area contributed by atoms with E-state index in [4.69, 9.17) is 19.4 Å². The molecule has 5 heteroatoms. The molecular weight excluding hydrogens is 613 g/mol. The lowest BCUT2D eigenvalue weighted by molar-refractivity contribution is 0.0780. The summed E-state index contributed by atoms with van der Waals surface area (Å²) in [6, 6.07) is 41.6. The average molecular weight is 651 g/mol. The molecule has 2 saturated carbocycles. The van der Waals surface area contributed by atoms with Gasteiger partial charge in [0, 0.05) is 27.5 Å². The first-order valence-corrected chi connectivity index (χ1v) is 17.8. The second kappa shape index (κ2) is 12.1. The molecule has 0 aliphatic heterocycles.